The molecule has 2 heterocycles. The van der Waals surface area contributed by atoms with Crippen molar-refractivity contribution in [1.29, 1.82) is 0 Å². The molecule has 0 spiro atoms. The topological polar surface area (TPSA) is 76.6 Å². The number of pyridine rings is 1. The van der Waals surface area contributed by atoms with Gasteiger partial charge in [0.05, 0.1) is 35.4 Å². The minimum atomic E-state index is -3.00. The van der Waals surface area contributed by atoms with Crippen LogP contribution in [0.5, 0.6) is 0 Å². The molecule has 1 aliphatic heterocycles. The highest BCUT2D eigenvalue weighted by atomic mass is 32.2. The minimum Gasteiger partial charge on any atom is -0.465 e. The van der Waals surface area contributed by atoms with Crippen molar-refractivity contribution in [3.8, 4) is 11.1 Å². The number of benzene rings is 2. The molecule has 1 aliphatic rings. The lowest BCUT2D eigenvalue weighted by atomic mass is 9.93. The number of nitrogens with zero attached hydrogens (tertiary/aromatic N) is 2. The Morgan fingerprint density at radius 1 is 1.13 bits per heavy atom. The second kappa shape index (κ2) is 8.16. The van der Waals surface area contributed by atoms with Gasteiger partial charge in [0.2, 0.25) is 0 Å². The van der Waals surface area contributed by atoms with Gasteiger partial charge in [-0.1, -0.05) is 48.5 Å². The summed E-state index contributed by atoms with van der Waals surface area (Å²) in [6, 6.07) is 17.3. The molecule has 156 valence electrons. The lowest BCUT2D eigenvalue weighted by Gasteiger charge is -2.24. The third-order valence-electron chi connectivity index (χ3n) is 5.65. The number of ether oxygens (including phenoxy) is 1. The summed E-state index contributed by atoms with van der Waals surface area (Å²) < 4.78 is 29.0. The van der Waals surface area contributed by atoms with Crippen molar-refractivity contribution in [2.24, 2.45) is 0 Å². The van der Waals surface area contributed by atoms with Crippen LogP contribution >= 0.6 is 0 Å². The normalized spacial score (nSPS) is 18.0. The monoisotopic (exact) mass is 424 g/mol. The third-order valence-corrected chi connectivity index (χ3v) is 7.40. The van der Waals surface area contributed by atoms with Gasteiger partial charge in [-0.15, -0.1) is 0 Å². The molecule has 0 N–H and O–H groups in total. The summed E-state index contributed by atoms with van der Waals surface area (Å²) in [4.78, 5) is 19.7. The van der Waals surface area contributed by atoms with Gasteiger partial charge in [-0.05, 0) is 25.1 Å². The Kier molecular flexibility index (Phi) is 5.58. The van der Waals surface area contributed by atoms with Crippen molar-refractivity contribution >= 4 is 26.7 Å². The van der Waals surface area contributed by atoms with Crippen molar-refractivity contribution in [2.45, 2.75) is 19.0 Å². The molecular weight excluding hydrogens is 400 g/mol. The predicted molar refractivity (Wildman–Crippen MR) is 117 cm³/mol. The van der Waals surface area contributed by atoms with Gasteiger partial charge < -0.3 is 4.74 Å². The molecule has 0 radical (unpaired) electrons. The van der Waals surface area contributed by atoms with Crippen LogP contribution in [0.25, 0.3) is 22.0 Å². The molecule has 1 saturated heterocycles. The van der Waals surface area contributed by atoms with Crippen molar-refractivity contribution < 1.29 is 17.9 Å². The molecule has 1 unspecified atom stereocenters. The van der Waals surface area contributed by atoms with E-state index >= 15 is 0 Å². The molecular formula is C23H24N2O4S. The molecule has 1 atom stereocenters. The first-order valence-electron chi connectivity index (χ1n) is 9.85. The van der Waals surface area contributed by atoms with E-state index in [9.17, 15) is 13.2 Å². The lowest BCUT2D eigenvalue weighted by Crippen LogP contribution is -2.33. The van der Waals surface area contributed by atoms with Gasteiger partial charge in [0.25, 0.3) is 0 Å². The molecule has 0 saturated carbocycles. The summed E-state index contributed by atoms with van der Waals surface area (Å²) in [6.45, 7) is 0.356. The first kappa shape index (κ1) is 20.5. The number of rotatable bonds is 5. The minimum absolute atomic E-state index is 0.0889. The highest BCUT2D eigenvalue weighted by Crippen LogP contribution is 2.34. The number of esters is 1. The number of hydrogen-bond donors (Lipinski definition) is 0. The number of aromatic nitrogens is 1. The maximum absolute atomic E-state index is 12.9. The number of carbonyl (C=O) groups is 1. The molecule has 3 aromatic rings. The molecule has 1 aromatic heterocycles. The number of methoxy groups -OCH3 is 1. The van der Waals surface area contributed by atoms with Crippen molar-refractivity contribution in [3.63, 3.8) is 0 Å². The van der Waals surface area contributed by atoms with E-state index in [4.69, 9.17) is 9.72 Å². The number of sulfone groups is 1. The molecule has 4 rings (SSSR count). The molecule has 2 aromatic carbocycles. The first-order chi connectivity index (χ1) is 14.4. The SMILES string of the molecule is COC(=O)c1c(CN(C)C2CCS(=O)(=O)C2)nc2ccccc2c1-c1ccccc1. The molecule has 0 bridgehead atoms. The maximum Gasteiger partial charge on any atom is 0.340 e. The molecule has 1 fully saturated rings. The predicted octanol–water partition coefficient (Wildman–Crippen LogP) is 3.31. The first-order valence-corrected chi connectivity index (χ1v) is 11.7. The zero-order chi connectivity index (χ0) is 21.3. The quantitative estimate of drug-likeness (QED) is 0.585. The maximum atomic E-state index is 12.9. The average molecular weight is 425 g/mol. The number of hydrogen-bond acceptors (Lipinski definition) is 6. The van der Waals surface area contributed by atoms with Gasteiger partial charge in [-0.25, -0.2) is 13.2 Å². The second-order valence-electron chi connectivity index (χ2n) is 7.66. The average Bonchev–Trinajstić information content (AvgIpc) is 3.12. The van der Waals surface area contributed by atoms with Crippen LogP contribution in [0.4, 0.5) is 0 Å². The second-order valence-corrected chi connectivity index (χ2v) is 9.88. The van der Waals surface area contributed by atoms with Gasteiger partial charge in [-0.2, -0.15) is 0 Å². The standard InChI is InChI=1S/C23H24N2O4S/c1-25(17-12-13-30(27,28)15-17)14-20-22(23(26)29-2)21(16-8-4-3-5-9-16)18-10-6-7-11-19(18)24-20/h3-11,17H,12-15H2,1-2H3. The fraction of sp³-hybridized carbons (Fsp3) is 0.304. The van der Waals surface area contributed by atoms with E-state index in [1.165, 1.54) is 7.11 Å². The number of fused-ring (bicyclic) bond motifs is 1. The molecule has 0 amide bonds. The van der Waals surface area contributed by atoms with Gasteiger partial charge >= 0.3 is 5.97 Å². The fourth-order valence-electron chi connectivity index (χ4n) is 4.09. The van der Waals surface area contributed by atoms with Crippen LogP contribution in [0.2, 0.25) is 0 Å². The van der Waals surface area contributed by atoms with Gasteiger partial charge in [0.1, 0.15) is 0 Å². The van der Waals surface area contributed by atoms with Gasteiger partial charge in [-0.3, -0.25) is 9.88 Å². The summed E-state index contributed by atoms with van der Waals surface area (Å²) in [6.07, 6.45) is 0.589. The van der Waals surface area contributed by atoms with E-state index in [1.54, 1.807) is 0 Å². The fourth-order valence-corrected chi connectivity index (χ4v) is 5.90. The lowest BCUT2D eigenvalue weighted by molar-refractivity contribution is 0.0598. The van der Waals surface area contributed by atoms with Crippen molar-refractivity contribution in [2.75, 3.05) is 25.7 Å². The Bertz CT molecular complexity index is 1190. The Morgan fingerprint density at radius 3 is 2.50 bits per heavy atom. The van der Waals surface area contributed by atoms with Crippen molar-refractivity contribution in [3.05, 3.63) is 65.9 Å². The Balaban J connectivity index is 1.88. The van der Waals surface area contributed by atoms with Gasteiger partial charge in [0, 0.05) is 23.5 Å². The molecule has 0 aliphatic carbocycles. The zero-order valence-electron chi connectivity index (χ0n) is 17.0. The summed E-state index contributed by atoms with van der Waals surface area (Å²) in [5.41, 5.74) is 3.49. The zero-order valence-corrected chi connectivity index (χ0v) is 17.9. The van der Waals surface area contributed by atoms with E-state index < -0.39 is 15.8 Å². The van der Waals surface area contributed by atoms with Gasteiger partial charge in [0.15, 0.2) is 9.84 Å². The summed E-state index contributed by atoms with van der Waals surface area (Å²) in [5.74, 6) is -0.114. The number of carbonyl (C=O) groups excluding carboxylic acids is 1. The van der Waals surface area contributed by atoms with Crippen LogP contribution in [0, 0.1) is 0 Å². The van der Waals surface area contributed by atoms with Crippen LogP contribution < -0.4 is 0 Å². The smallest absolute Gasteiger partial charge is 0.340 e. The third kappa shape index (κ3) is 3.95. The van der Waals surface area contributed by atoms with Crippen LogP contribution in [-0.2, 0) is 21.1 Å². The van der Waals surface area contributed by atoms with Crippen LogP contribution in [0.1, 0.15) is 22.5 Å². The highest BCUT2D eigenvalue weighted by molar-refractivity contribution is 7.91. The van der Waals surface area contributed by atoms with Crippen LogP contribution in [0.15, 0.2) is 54.6 Å². The van der Waals surface area contributed by atoms with E-state index in [0.717, 1.165) is 22.0 Å². The van der Waals surface area contributed by atoms with E-state index in [0.29, 0.717) is 24.2 Å². The summed E-state index contributed by atoms with van der Waals surface area (Å²) in [5, 5.41) is 0.874. The Hall–Kier alpha value is -2.77. The van der Waals surface area contributed by atoms with E-state index in [-0.39, 0.29) is 17.5 Å². The van der Waals surface area contributed by atoms with Crippen LogP contribution in [-0.4, -0.2) is 56.0 Å². The van der Waals surface area contributed by atoms with E-state index in [1.807, 2.05) is 66.5 Å². The van der Waals surface area contributed by atoms with Crippen molar-refractivity contribution in [1.82, 2.24) is 9.88 Å². The molecule has 7 heteroatoms. The molecule has 30 heavy (non-hydrogen) atoms. The number of para-hydroxylation sites is 1. The highest BCUT2D eigenvalue weighted by Gasteiger charge is 2.32. The molecule has 6 nitrogen and oxygen atoms in total. The Labute approximate surface area is 176 Å². The largest absolute Gasteiger partial charge is 0.465 e. The Morgan fingerprint density at radius 2 is 1.83 bits per heavy atom. The van der Waals surface area contributed by atoms with E-state index in [2.05, 4.69) is 0 Å². The van der Waals surface area contributed by atoms with Crippen LogP contribution in [0.3, 0.4) is 0 Å². The summed E-state index contributed by atoms with van der Waals surface area (Å²) >= 11 is 0. The summed E-state index contributed by atoms with van der Waals surface area (Å²) in [7, 11) is 0.242.